The Hall–Kier alpha value is -0.450. The molecule has 2 rings (SSSR count). The van der Waals surface area contributed by atoms with Crippen LogP contribution in [0, 0.1) is 5.82 Å². The van der Waals surface area contributed by atoms with Crippen molar-refractivity contribution in [2.75, 3.05) is 19.6 Å². The number of benzene rings is 1. The predicted octanol–water partition coefficient (Wildman–Crippen LogP) is 3.16. The highest BCUT2D eigenvalue weighted by molar-refractivity contribution is 9.10. The van der Waals surface area contributed by atoms with Gasteiger partial charge in [-0.2, -0.15) is 0 Å². The molecule has 1 aromatic carbocycles. The molecule has 18 heavy (non-hydrogen) atoms. The highest BCUT2D eigenvalue weighted by Crippen LogP contribution is 2.16. The lowest BCUT2D eigenvalue weighted by Gasteiger charge is -2.32. The van der Waals surface area contributed by atoms with E-state index >= 15 is 0 Å². The van der Waals surface area contributed by atoms with E-state index in [4.69, 9.17) is 0 Å². The van der Waals surface area contributed by atoms with Gasteiger partial charge in [-0.25, -0.2) is 4.39 Å². The maximum Gasteiger partial charge on any atom is 0.128 e. The Bertz CT molecular complexity index is 397. The molecular formula is C14H20BrFN2. The smallest absolute Gasteiger partial charge is 0.128 e. The second kappa shape index (κ2) is 6.64. The molecule has 1 heterocycles. The molecule has 0 spiro atoms. The van der Waals surface area contributed by atoms with Crippen molar-refractivity contribution >= 4 is 15.9 Å². The zero-order valence-corrected chi connectivity index (χ0v) is 12.3. The lowest BCUT2D eigenvalue weighted by atomic mass is 10.1. The summed E-state index contributed by atoms with van der Waals surface area (Å²) in [5.41, 5.74) is 0.742. The highest BCUT2D eigenvalue weighted by Gasteiger charge is 2.18. The Morgan fingerprint density at radius 2 is 2.33 bits per heavy atom. The Balaban J connectivity index is 1.87. The number of piperidine rings is 1. The maximum absolute atomic E-state index is 13.7. The van der Waals surface area contributed by atoms with Crippen molar-refractivity contribution in [2.24, 2.45) is 0 Å². The van der Waals surface area contributed by atoms with Gasteiger partial charge in [-0.15, -0.1) is 0 Å². The molecule has 1 unspecified atom stereocenters. The molecule has 1 aliphatic rings. The topological polar surface area (TPSA) is 15.3 Å². The van der Waals surface area contributed by atoms with Gasteiger partial charge >= 0.3 is 0 Å². The average Bonchev–Trinajstić information content (AvgIpc) is 2.38. The van der Waals surface area contributed by atoms with Crippen molar-refractivity contribution in [3.8, 4) is 0 Å². The van der Waals surface area contributed by atoms with Crippen LogP contribution in [0.15, 0.2) is 22.7 Å². The quantitative estimate of drug-likeness (QED) is 0.918. The summed E-state index contributed by atoms with van der Waals surface area (Å²) in [6.45, 7) is 6.18. The summed E-state index contributed by atoms with van der Waals surface area (Å²) in [5, 5.41) is 3.47. The Morgan fingerprint density at radius 1 is 1.50 bits per heavy atom. The molecular weight excluding hydrogens is 295 g/mol. The van der Waals surface area contributed by atoms with E-state index in [-0.39, 0.29) is 5.82 Å². The molecule has 0 aromatic heterocycles. The molecule has 0 amide bonds. The minimum absolute atomic E-state index is 0.139. The summed E-state index contributed by atoms with van der Waals surface area (Å²) in [6.07, 6.45) is 2.42. The Morgan fingerprint density at radius 3 is 3.06 bits per heavy atom. The number of hydrogen-bond donors (Lipinski definition) is 1. The van der Waals surface area contributed by atoms with E-state index < -0.39 is 0 Å². The van der Waals surface area contributed by atoms with E-state index in [9.17, 15) is 4.39 Å². The lowest BCUT2D eigenvalue weighted by molar-refractivity contribution is 0.198. The molecule has 0 radical (unpaired) electrons. The van der Waals surface area contributed by atoms with Crippen molar-refractivity contribution in [1.29, 1.82) is 0 Å². The van der Waals surface area contributed by atoms with Gasteiger partial charge in [0.1, 0.15) is 5.82 Å². The molecule has 1 fully saturated rings. The summed E-state index contributed by atoms with van der Waals surface area (Å²) >= 11 is 3.27. The molecule has 1 aromatic rings. The van der Waals surface area contributed by atoms with Gasteiger partial charge in [0.05, 0.1) is 0 Å². The third kappa shape index (κ3) is 3.77. The largest absolute Gasteiger partial charge is 0.309 e. The fourth-order valence-corrected chi connectivity index (χ4v) is 2.76. The first-order valence-electron chi connectivity index (χ1n) is 6.58. The van der Waals surface area contributed by atoms with E-state index in [2.05, 4.69) is 33.1 Å². The minimum atomic E-state index is -0.139. The van der Waals surface area contributed by atoms with E-state index in [1.807, 2.05) is 12.1 Å². The Labute approximate surface area is 117 Å². The van der Waals surface area contributed by atoms with E-state index in [1.54, 1.807) is 0 Å². The van der Waals surface area contributed by atoms with Crippen LogP contribution in [0.2, 0.25) is 0 Å². The molecule has 4 heteroatoms. The van der Waals surface area contributed by atoms with Crippen molar-refractivity contribution < 1.29 is 4.39 Å². The van der Waals surface area contributed by atoms with E-state index in [0.717, 1.165) is 23.1 Å². The fourth-order valence-electron chi connectivity index (χ4n) is 2.43. The summed E-state index contributed by atoms with van der Waals surface area (Å²) in [5.74, 6) is -0.139. The molecule has 2 nitrogen and oxygen atoms in total. The van der Waals surface area contributed by atoms with Crippen LogP contribution < -0.4 is 5.32 Å². The highest BCUT2D eigenvalue weighted by atomic mass is 79.9. The monoisotopic (exact) mass is 314 g/mol. The van der Waals surface area contributed by atoms with Crippen LogP contribution in [0.3, 0.4) is 0 Å². The van der Waals surface area contributed by atoms with Crippen LogP contribution in [0.1, 0.15) is 25.3 Å². The molecule has 1 N–H and O–H groups in total. The SMILES string of the molecule is CCN1CCCC(NCc2ccc(Br)cc2F)C1. The fraction of sp³-hybridized carbons (Fsp3) is 0.571. The van der Waals surface area contributed by atoms with Crippen LogP contribution in [-0.2, 0) is 6.54 Å². The number of rotatable bonds is 4. The normalized spacial score (nSPS) is 21.2. The number of hydrogen-bond acceptors (Lipinski definition) is 2. The van der Waals surface area contributed by atoms with Crippen LogP contribution in [-0.4, -0.2) is 30.6 Å². The van der Waals surface area contributed by atoms with Gasteiger partial charge < -0.3 is 10.2 Å². The van der Waals surface area contributed by atoms with Crippen LogP contribution in [0.4, 0.5) is 4.39 Å². The van der Waals surface area contributed by atoms with E-state index in [0.29, 0.717) is 12.6 Å². The first kappa shape index (κ1) is 14.0. The van der Waals surface area contributed by atoms with Gasteiger partial charge in [0.25, 0.3) is 0 Å². The van der Waals surface area contributed by atoms with Crippen molar-refractivity contribution in [3.63, 3.8) is 0 Å². The Kier molecular flexibility index (Phi) is 5.15. The van der Waals surface area contributed by atoms with Gasteiger partial charge in [-0.3, -0.25) is 0 Å². The first-order valence-corrected chi connectivity index (χ1v) is 7.38. The van der Waals surface area contributed by atoms with Crippen molar-refractivity contribution in [3.05, 3.63) is 34.1 Å². The van der Waals surface area contributed by atoms with Gasteiger partial charge in [0.15, 0.2) is 0 Å². The van der Waals surface area contributed by atoms with Gasteiger partial charge in [-0.05, 0) is 38.1 Å². The second-order valence-electron chi connectivity index (χ2n) is 4.85. The second-order valence-corrected chi connectivity index (χ2v) is 5.76. The number of halogens is 2. The molecule has 0 saturated carbocycles. The molecule has 100 valence electrons. The van der Waals surface area contributed by atoms with Gasteiger partial charge in [-0.1, -0.05) is 28.9 Å². The molecule has 0 bridgehead atoms. The maximum atomic E-state index is 13.7. The van der Waals surface area contributed by atoms with Crippen LogP contribution in [0.5, 0.6) is 0 Å². The third-order valence-electron chi connectivity index (χ3n) is 3.55. The van der Waals surface area contributed by atoms with E-state index in [1.165, 1.54) is 25.5 Å². The molecule has 1 aliphatic heterocycles. The summed E-state index contributed by atoms with van der Waals surface area (Å²) in [4.78, 5) is 2.44. The molecule has 1 saturated heterocycles. The van der Waals surface area contributed by atoms with Crippen LogP contribution >= 0.6 is 15.9 Å². The summed E-state index contributed by atoms with van der Waals surface area (Å²) < 4.78 is 14.5. The first-order chi connectivity index (χ1) is 8.69. The standard InChI is InChI=1S/C14H20BrFN2/c1-2-18-7-3-4-13(10-18)17-9-11-5-6-12(15)8-14(11)16/h5-6,8,13,17H,2-4,7,9-10H2,1H3. The molecule has 0 aliphatic carbocycles. The zero-order chi connectivity index (χ0) is 13.0. The van der Waals surface area contributed by atoms with Crippen molar-refractivity contribution in [2.45, 2.75) is 32.4 Å². The number of nitrogens with one attached hydrogen (secondary N) is 1. The van der Waals surface area contributed by atoms with Crippen LogP contribution in [0.25, 0.3) is 0 Å². The van der Waals surface area contributed by atoms with Gasteiger partial charge in [0.2, 0.25) is 0 Å². The third-order valence-corrected chi connectivity index (χ3v) is 4.04. The van der Waals surface area contributed by atoms with Crippen molar-refractivity contribution in [1.82, 2.24) is 10.2 Å². The van der Waals surface area contributed by atoms with Gasteiger partial charge in [0, 0.05) is 29.2 Å². The zero-order valence-electron chi connectivity index (χ0n) is 10.8. The summed E-state index contributed by atoms with van der Waals surface area (Å²) in [6, 6.07) is 5.74. The molecule has 1 atom stereocenters. The average molecular weight is 315 g/mol. The number of likely N-dealkylation sites (tertiary alicyclic amines) is 1. The number of likely N-dealkylation sites (N-methyl/N-ethyl adjacent to an activating group) is 1. The predicted molar refractivity (Wildman–Crippen MR) is 76.1 cm³/mol. The minimum Gasteiger partial charge on any atom is -0.309 e. The number of nitrogens with zero attached hydrogens (tertiary/aromatic N) is 1. The summed E-state index contributed by atoms with van der Waals surface area (Å²) in [7, 11) is 0. The lowest BCUT2D eigenvalue weighted by Crippen LogP contribution is -2.45.